The maximum Gasteiger partial charge on any atom is 0.146 e. The van der Waals surface area contributed by atoms with Crippen LogP contribution in [0.2, 0.25) is 0 Å². The lowest BCUT2D eigenvalue weighted by molar-refractivity contribution is 0.442. The van der Waals surface area contributed by atoms with Crippen LogP contribution >= 0.6 is 0 Å². The van der Waals surface area contributed by atoms with Gasteiger partial charge in [-0.05, 0) is 34.6 Å². The topological polar surface area (TPSA) is 56.8 Å². The smallest absolute Gasteiger partial charge is 0.146 e. The second-order valence-electron chi connectivity index (χ2n) is 8.18. The van der Waals surface area contributed by atoms with Gasteiger partial charge in [-0.15, -0.1) is 0 Å². The molecule has 0 aliphatic carbocycles. The third-order valence-electron chi connectivity index (χ3n) is 4.06. The van der Waals surface area contributed by atoms with E-state index in [0.29, 0.717) is 11.3 Å². The summed E-state index contributed by atoms with van der Waals surface area (Å²) in [6.45, 7) is 13.0. The molecule has 2 rings (SSSR count). The van der Waals surface area contributed by atoms with Gasteiger partial charge in [-0.3, -0.25) is 0 Å². The zero-order chi connectivity index (χ0) is 18.8. The van der Waals surface area contributed by atoms with E-state index < -0.39 is 0 Å². The van der Waals surface area contributed by atoms with E-state index in [4.69, 9.17) is 4.74 Å². The summed E-state index contributed by atoms with van der Waals surface area (Å²) in [6.07, 6.45) is 0. The lowest BCUT2D eigenvalue weighted by Gasteiger charge is -2.31. The number of hydrogen-bond acceptors (Lipinski definition) is 3. The van der Waals surface area contributed by atoms with Gasteiger partial charge < -0.3 is 4.74 Å². The Bertz CT molecular complexity index is 869. The summed E-state index contributed by atoms with van der Waals surface area (Å²) in [5, 5.41) is 18.7. The average molecular weight is 332 g/mol. The Morgan fingerprint density at radius 2 is 1.36 bits per heavy atom. The van der Waals surface area contributed by atoms with Crippen LogP contribution in [-0.4, -0.2) is 0 Å². The molecule has 0 saturated carbocycles. The quantitative estimate of drug-likeness (QED) is 0.696. The van der Waals surface area contributed by atoms with Crippen LogP contribution in [0.15, 0.2) is 36.4 Å². The van der Waals surface area contributed by atoms with Crippen LogP contribution in [0.1, 0.15) is 63.8 Å². The van der Waals surface area contributed by atoms with Gasteiger partial charge in [0.05, 0.1) is 5.56 Å². The highest BCUT2D eigenvalue weighted by molar-refractivity contribution is 5.56. The van der Waals surface area contributed by atoms with Crippen molar-refractivity contribution in [1.82, 2.24) is 0 Å². The molecule has 3 heteroatoms. The second kappa shape index (κ2) is 6.61. The van der Waals surface area contributed by atoms with E-state index in [1.54, 1.807) is 18.2 Å². The molecular weight excluding hydrogens is 308 g/mol. The zero-order valence-electron chi connectivity index (χ0n) is 15.8. The van der Waals surface area contributed by atoms with Gasteiger partial charge >= 0.3 is 0 Å². The summed E-state index contributed by atoms with van der Waals surface area (Å²) in [5.74, 6) is 1.14. The van der Waals surface area contributed by atoms with Gasteiger partial charge in [0.15, 0.2) is 0 Å². The van der Waals surface area contributed by atoms with Crippen molar-refractivity contribution >= 4 is 0 Å². The van der Waals surface area contributed by atoms with Gasteiger partial charge in [-0.25, -0.2) is 0 Å². The first kappa shape index (κ1) is 18.6. The monoisotopic (exact) mass is 332 g/mol. The van der Waals surface area contributed by atoms with Crippen molar-refractivity contribution in [1.29, 1.82) is 10.5 Å². The summed E-state index contributed by atoms with van der Waals surface area (Å²) in [5.41, 5.74) is 2.77. The second-order valence-corrected chi connectivity index (χ2v) is 8.18. The van der Waals surface area contributed by atoms with Gasteiger partial charge in [0.2, 0.25) is 0 Å². The highest BCUT2D eigenvalue weighted by Gasteiger charge is 2.29. The Balaban J connectivity index is 2.67. The number of ether oxygens (including phenoxy) is 1. The Labute approximate surface area is 150 Å². The first-order valence-corrected chi connectivity index (χ1v) is 8.34. The molecule has 0 unspecified atom stereocenters. The third kappa shape index (κ3) is 3.83. The molecule has 25 heavy (non-hydrogen) atoms. The molecule has 0 amide bonds. The van der Waals surface area contributed by atoms with E-state index in [9.17, 15) is 10.5 Å². The molecule has 0 bridgehead atoms. The van der Waals surface area contributed by atoms with Crippen LogP contribution in [0.3, 0.4) is 0 Å². The van der Waals surface area contributed by atoms with Crippen molar-refractivity contribution in [2.24, 2.45) is 0 Å². The van der Waals surface area contributed by atoms with Crippen molar-refractivity contribution in [3.05, 3.63) is 58.7 Å². The molecule has 0 radical (unpaired) electrons. The maximum absolute atomic E-state index is 9.44. The lowest BCUT2D eigenvalue weighted by Crippen LogP contribution is -2.22. The number of nitrogens with zero attached hydrogens (tertiary/aromatic N) is 2. The van der Waals surface area contributed by atoms with Crippen LogP contribution in [0, 0.1) is 22.7 Å². The molecule has 0 fully saturated rings. The molecule has 0 heterocycles. The largest absolute Gasteiger partial charge is 0.456 e. The van der Waals surface area contributed by atoms with Crippen molar-refractivity contribution in [3.63, 3.8) is 0 Å². The summed E-state index contributed by atoms with van der Waals surface area (Å²) in [6, 6.07) is 15.3. The third-order valence-corrected chi connectivity index (χ3v) is 4.06. The molecule has 0 aliphatic rings. The fourth-order valence-electron chi connectivity index (χ4n) is 2.96. The van der Waals surface area contributed by atoms with Gasteiger partial charge in [0, 0.05) is 5.56 Å². The molecule has 0 atom stereocenters. The van der Waals surface area contributed by atoms with E-state index in [-0.39, 0.29) is 16.4 Å². The Morgan fingerprint density at radius 1 is 0.760 bits per heavy atom. The number of benzene rings is 2. The molecule has 0 aliphatic heterocycles. The number of nitriles is 2. The van der Waals surface area contributed by atoms with Crippen LogP contribution in [0.5, 0.6) is 11.5 Å². The van der Waals surface area contributed by atoms with Gasteiger partial charge in [0.1, 0.15) is 29.2 Å². The average Bonchev–Trinajstić information content (AvgIpc) is 2.52. The summed E-state index contributed by atoms with van der Waals surface area (Å²) >= 11 is 0. The first-order chi connectivity index (χ1) is 11.6. The standard InChI is InChI=1S/C22H24N2O/c1-21(2,3)17-10-8-12-19(20(17)22(4,5)6)25-18-11-7-9-15(13-23)16(18)14-24/h7-12H,1-6H3. The van der Waals surface area contributed by atoms with Crippen molar-refractivity contribution in [2.75, 3.05) is 0 Å². The Kier molecular flexibility index (Phi) is 4.91. The zero-order valence-corrected chi connectivity index (χ0v) is 15.8. The SMILES string of the molecule is CC(C)(C)c1cccc(Oc2cccc(C#N)c2C#N)c1C(C)(C)C. The van der Waals surface area contributed by atoms with E-state index in [0.717, 1.165) is 11.3 Å². The molecule has 128 valence electrons. The van der Waals surface area contributed by atoms with Crippen molar-refractivity contribution in [2.45, 2.75) is 52.4 Å². The van der Waals surface area contributed by atoms with E-state index in [1.807, 2.05) is 12.1 Å². The van der Waals surface area contributed by atoms with E-state index in [2.05, 4.69) is 59.7 Å². The normalized spacial score (nSPS) is 11.5. The van der Waals surface area contributed by atoms with Crippen LogP contribution in [0.4, 0.5) is 0 Å². The molecule has 2 aromatic carbocycles. The minimum Gasteiger partial charge on any atom is -0.456 e. The minimum atomic E-state index is -0.126. The maximum atomic E-state index is 9.44. The molecule has 0 spiro atoms. The van der Waals surface area contributed by atoms with Gasteiger partial charge in [-0.1, -0.05) is 59.7 Å². The minimum absolute atomic E-state index is 0.0332. The lowest BCUT2D eigenvalue weighted by atomic mass is 9.75. The number of rotatable bonds is 2. The van der Waals surface area contributed by atoms with Crippen LogP contribution in [-0.2, 0) is 10.8 Å². The molecule has 0 N–H and O–H groups in total. The fraction of sp³-hybridized carbons (Fsp3) is 0.364. The highest BCUT2D eigenvalue weighted by atomic mass is 16.5. The van der Waals surface area contributed by atoms with Gasteiger partial charge in [0.25, 0.3) is 0 Å². The van der Waals surface area contributed by atoms with Gasteiger partial charge in [-0.2, -0.15) is 10.5 Å². The molecule has 0 saturated heterocycles. The fourth-order valence-corrected chi connectivity index (χ4v) is 2.96. The molecule has 0 aromatic heterocycles. The van der Waals surface area contributed by atoms with Crippen molar-refractivity contribution < 1.29 is 4.74 Å². The van der Waals surface area contributed by atoms with E-state index >= 15 is 0 Å². The Morgan fingerprint density at radius 3 is 1.88 bits per heavy atom. The summed E-state index contributed by atoms with van der Waals surface area (Å²) in [4.78, 5) is 0. The number of hydrogen-bond donors (Lipinski definition) is 0. The Hall–Kier alpha value is -2.78. The first-order valence-electron chi connectivity index (χ1n) is 8.34. The molecule has 3 nitrogen and oxygen atoms in total. The molecule has 2 aromatic rings. The van der Waals surface area contributed by atoms with Crippen LogP contribution in [0.25, 0.3) is 0 Å². The summed E-state index contributed by atoms with van der Waals surface area (Å²) < 4.78 is 6.16. The van der Waals surface area contributed by atoms with Crippen molar-refractivity contribution in [3.8, 4) is 23.6 Å². The van der Waals surface area contributed by atoms with E-state index in [1.165, 1.54) is 5.56 Å². The summed E-state index contributed by atoms with van der Waals surface area (Å²) in [7, 11) is 0. The van der Waals surface area contributed by atoms with Crippen LogP contribution < -0.4 is 4.74 Å². The predicted molar refractivity (Wildman–Crippen MR) is 99.8 cm³/mol. The predicted octanol–water partition coefficient (Wildman–Crippen LogP) is 5.82. The highest BCUT2D eigenvalue weighted by Crippen LogP contribution is 2.41. The molecular formula is C22H24N2O.